The quantitative estimate of drug-likeness (QED) is 0.877. The molecule has 1 aromatic heterocycles. The van der Waals surface area contributed by atoms with Crippen molar-refractivity contribution in [2.45, 2.75) is 53.0 Å². The van der Waals surface area contributed by atoms with E-state index in [0.29, 0.717) is 5.92 Å². The fourth-order valence-corrected chi connectivity index (χ4v) is 3.54. The van der Waals surface area contributed by atoms with E-state index in [0.717, 1.165) is 43.6 Å². The van der Waals surface area contributed by atoms with Crippen molar-refractivity contribution in [1.29, 1.82) is 0 Å². The largest absolute Gasteiger partial charge is 0.371 e. The highest BCUT2D eigenvalue weighted by Gasteiger charge is 2.27. The van der Waals surface area contributed by atoms with Gasteiger partial charge in [-0.1, -0.05) is 39.0 Å². The van der Waals surface area contributed by atoms with Crippen molar-refractivity contribution >= 4 is 22.5 Å². The summed E-state index contributed by atoms with van der Waals surface area (Å²) in [6.45, 7) is 10.4. The topological polar surface area (TPSA) is 45.2 Å². The molecule has 0 spiro atoms. The second-order valence-electron chi connectivity index (χ2n) is 7.81. The van der Waals surface area contributed by atoms with Gasteiger partial charge in [-0.05, 0) is 44.2 Å². The third-order valence-electron chi connectivity index (χ3n) is 5.69. The van der Waals surface area contributed by atoms with Crippen LogP contribution in [0.15, 0.2) is 30.3 Å². The third kappa shape index (κ3) is 4.00. The number of hydrogen-bond donors (Lipinski definition) is 1. The van der Waals surface area contributed by atoms with E-state index in [-0.39, 0.29) is 17.9 Å². The lowest BCUT2D eigenvalue weighted by Gasteiger charge is -2.34. The first kappa shape index (κ1) is 18.7. The second-order valence-corrected chi connectivity index (χ2v) is 7.81. The Hall–Kier alpha value is -2.10. The summed E-state index contributed by atoms with van der Waals surface area (Å²) in [5, 5.41) is 4.39. The highest BCUT2D eigenvalue weighted by molar-refractivity contribution is 5.92. The van der Waals surface area contributed by atoms with Gasteiger partial charge in [0.1, 0.15) is 0 Å². The highest BCUT2D eigenvalue weighted by Crippen LogP contribution is 2.30. The average Bonchev–Trinajstić information content (AvgIpc) is 2.67. The minimum absolute atomic E-state index is 0.131. The molecule has 0 radical (unpaired) electrons. The van der Waals surface area contributed by atoms with Crippen molar-refractivity contribution in [3.63, 3.8) is 0 Å². The van der Waals surface area contributed by atoms with Crippen molar-refractivity contribution in [1.82, 2.24) is 10.3 Å². The van der Waals surface area contributed by atoms with Crippen molar-refractivity contribution in [3.8, 4) is 0 Å². The van der Waals surface area contributed by atoms with Gasteiger partial charge in [-0.25, -0.2) is 0 Å². The van der Waals surface area contributed by atoms with Crippen molar-refractivity contribution in [3.05, 3.63) is 36.0 Å². The number of benzene rings is 1. The van der Waals surface area contributed by atoms with E-state index >= 15 is 0 Å². The van der Waals surface area contributed by atoms with Gasteiger partial charge in [0, 0.05) is 41.8 Å². The van der Waals surface area contributed by atoms with Crippen LogP contribution in [-0.4, -0.2) is 30.0 Å². The number of carbonyl (C=O) groups excluding carboxylic acids is 1. The third-order valence-corrected chi connectivity index (χ3v) is 5.69. The molecule has 0 saturated carbocycles. The number of nitrogens with zero attached hydrogens (tertiary/aromatic N) is 2. The van der Waals surface area contributed by atoms with Crippen molar-refractivity contribution in [2.75, 3.05) is 18.0 Å². The van der Waals surface area contributed by atoms with E-state index in [1.54, 1.807) is 0 Å². The molecule has 4 heteroatoms. The Kier molecular flexibility index (Phi) is 5.80. The number of fused-ring (bicyclic) bond motifs is 1. The molecule has 1 aliphatic rings. The van der Waals surface area contributed by atoms with Crippen LogP contribution in [0, 0.1) is 11.8 Å². The molecule has 1 aromatic carbocycles. The molecule has 1 amide bonds. The molecule has 1 aliphatic heterocycles. The van der Waals surface area contributed by atoms with Crippen LogP contribution in [0.1, 0.15) is 46.2 Å². The predicted molar refractivity (Wildman–Crippen MR) is 109 cm³/mol. The summed E-state index contributed by atoms with van der Waals surface area (Å²) < 4.78 is 0. The Morgan fingerprint density at radius 2 is 1.92 bits per heavy atom. The lowest BCUT2D eigenvalue weighted by atomic mass is 9.94. The van der Waals surface area contributed by atoms with E-state index < -0.39 is 0 Å². The van der Waals surface area contributed by atoms with Crippen LogP contribution in [0.3, 0.4) is 0 Å². The Balaban J connectivity index is 1.72. The standard InChI is InChI=1S/C22H31N3O/c1-5-18-14-21(19-8-6-7-9-20(19)24-18)25-12-10-17(11-13-25)22(26)23-16(4)15(2)3/h6-9,14-17H,5,10-13H2,1-4H3,(H,23,26). The van der Waals surface area contributed by atoms with E-state index in [1.165, 1.54) is 11.1 Å². The molecule has 0 aliphatic carbocycles. The number of anilines is 1. The monoisotopic (exact) mass is 353 g/mol. The number of aryl methyl sites for hydroxylation is 1. The number of hydrogen-bond acceptors (Lipinski definition) is 3. The summed E-state index contributed by atoms with van der Waals surface area (Å²) in [6, 6.07) is 10.8. The lowest BCUT2D eigenvalue weighted by molar-refractivity contribution is -0.126. The highest BCUT2D eigenvalue weighted by atomic mass is 16.1. The fourth-order valence-electron chi connectivity index (χ4n) is 3.54. The van der Waals surface area contributed by atoms with Gasteiger partial charge in [0.05, 0.1) is 5.52 Å². The lowest BCUT2D eigenvalue weighted by Crippen LogP contribution is -2.44. The number of pyridine rings is 1. The molecule has 1 saturated heterocycles. The Morgan fingerprint density at radius 3 is 2.58 bits per heavy atom. The van der Waals surface area contributed by atoms with Gasteiger partial charge < -0.3 is 10.2 Å². The van der Waals surface area contributed by atoms with Crippen LogP contribution in [-0.2, 0) is 11.2 Å². The maximum atomic E-state index is 12.5. The molecule has 26 heavy (non-hydrogen) atoms. The maximum Gasteiger partial charge on any atom is 0.223 e. The minimum Gasteiger partial charge on any atom is -0.371 e. The van der Waals surface area contributed by atoms with Crippen LogP contribution >= 0.6 is 0 Å². The number of para-hydroxylation sites is 1. The first-order valence-electron chi connectivity index (χ1n) is 9.93. The Bertz CT molecular complexity index is 763. The molecule has 1 fully saturated rings. The number of aromatic nitrogens is 1. The normalized spacial score (nSPS) is 16.9. The molecular weight excluding hydrogens is 322 g/mol. The smallest absolute Gasteiger partial charge is 0.223 e. The van der Waals surface area contributed by atoms with E-state index in [9.17, 15) is 4.79 Å². The zero-order chi connectivity index (χ0) is 18.7. The summed E-state index contributed by atoms with van der Waals surface area (Å²) in [5.41, 5.74) is 3.46. The Morgan fingerprint density at radius 1 is 1.23 bits per heavy atom. The van der Waals surface area contributed by atoms with Gasteiger partial charge in [-0.2, -0.15) is 0 Å². The minimum atomic E-state index is 0.131. The molecule has 2 aromatic rings. The van der Waals surface area contributed by atoms with Gasteiger partial charge in [-0.15, -0.1) is 0 Å². The zero-order valence-electron chi connectivity index (χ0n) is 16.5. The van der Waals surface area contributed by atoms with Crippen molar-refractivity contribution < 1.29 is 4.79 Å². The van der Waals surface area contributed by atoms with Crippen LogP contribution in [0.5, 0.6) is 0 Å². The summed E-state index contributed by atoms with van der Waals surface area (Å²) in [7, 11) is 0. The summed E-state index contributed by atoms with van der Waals surface area (Å²) in [5.74, 6) is 0.820. The number of nitrogens with one attached hydrogen (secondary N) is 1. The van der Waals surface area contributed by atoms with Crippen LogP contribution in [0.25, 0.3) is 10.9 Å². The number of rotatable bonds is 5. The first-order chi connectivity index (χ1) is 12.5. The summed E-state index contributed by atoms with van der Waals surface area (Å²) >= 11 is 0. The van der Waals surface area contributed by atoms with Crippen molar-refractivity contribution in [2.24, 2.45) is 11.8 Å². The van der Waals surface area contributed by atoms with E-state index in [4.69, 9.17) is 4.98 Å². The van der Waals surface area contributed by atoms with Gasteiger partial charge >= 0.3 is 0 Å². The molecular formula is C22H31N3O. The summed E-state index contributed by atoms with van der Waals surface area (Å²) in [6.07, 6.45) is 2.76. The molecule has 1 unspecified atom stereocenters. The molecule has 2 heterocycles. The molecule has 0 bridgehead atoms. The number of piperidine rings is 1. The molecule has 140 valence electrons. The fraction of sp³-hybridized carbons (Fsp3) is 0.545. The molecule has 1 N–H and O–H groups in total. The van der Waals surface area contributed by atoms with Crippen LogP contribution in [0.2, 0.25) is 0 Å². The molecule has 4 nitrogen and oxygen atoms in total. The number of carbonyl (C=O) groups is 1. The second kappa shape index (κ2) is 8.07. The van der Waals surface area contributed by atoms with E-state index in [2.05, 4.69) is 62.2 Å². The van der Waals surface area contributed by atoms with Gasteiger partial charge in [0.2, 0.25) is 5.91 Å². The van der Waals surface area contributed by atoms with Gasteiger partial charge in [-0.3, -0.25) is 9.78 Å². The first-order valence-corrected chi connectivity index (χ1v) is 9.93. The zero-order valence-corrected chi connectivity index (χ0v) is 16.5. The maximum absolute atomic E-state index is 12.5. The SMILES string of the molecule is CCc1cc(N2CCC(C(=O)NC(C)C(C)C)CC2)c2ccccc2n1. The van der Waals surface area contributed by atoms with Gasteiger partial charge in [0.15, 0.2) is 0 Å². The predicted octanol–water partition coefficient (Wildman–Crippen LogP) is 4.17. The van der Waals surface area contributed by atoms with E-state index in [1.807, 2.05) is 6.07 Å². The molecule has 1 atom stereocenters. The molecule has 3 rings (SSSR count). The summed E-state index contributed by atoms with van der Waals surface area (Å²) in [4.78, 5) is 19.7. The van der Waals surface area contributed by atoms with Crippen LogP contribution < -0.4 is 10.2 Å². The average molecular weight is 354 g/mol. The van der Waals surface area contributed by atoms with Gasteiger partial charge in [0.25, 0.3) is 0 Å². The van der Waals surface area contributed by atoms with Crippen LogP contribution in [0.4, 0.5) is 5.69 Å². The number of amides is 1. The Labute approximate surface area is 157 Å².